The number of carbonyl (C=O) groups is 2. The lowest BCUT2D eigenvalue weighted by Gasteiger charge is -2.20. The van der Waals surface area contributed by atoms with Gasteiger partial charge in [-0.05, 0) is 38.8 Å². The maximum atomic E-state index is 13.7. The van der Waals surface area contributed by atoms with E-state index in [1.807, 2.05) is 13.8 Å². The molecule has 0 heterocycles. The average Bonchev–Trinajstić information content (AvgIpc) is 3.05. The highest BCUT2D eigenvalue weighted by Crippen LogP contribution is 2.28. The summed E-state index contributed by atoms with van der Waals surface area (Å²) in [6.45, 7) is 9.83. The van der Waals surface area contributed by atoms with Gasteiger partial charge >= 0.3 is 0 Å². The molecule has 0 bridgehead atoms. The van der Waals surface area contributed by atoms with Crippen LogP contribution >= 0.6 is 47.0 Å². The van der Waals surface area contributed by atoms with Crippen molar-refractivity contribution in [2.75, 3.05) is 87.2 Å². The summed E-state index contributed by atoms with van der Waals surface area (Å²) in [7, 11) is 0. The van der Waals surface area contributed by atoms with Crippen LogP contribution < -0.4 is 20.1 Å². The van der Waals surface area contributed by atoms with E-state index >= 15 is 0 Å². The number of carbonyl (C=O) groups excluding carboxylic acids is 2. The number of nitrogens with one attached hydrogen (secondary N) is 2. The van der Waals surface area contributed by atoms with Crippen molar-refractivity contribution in [3.8, 4) is 11.5 Å². The van der Waals surface area contributed by atoms with Crippen LogP contribution in [0.4, 0.5) is 0 Å². The van der Waals surface area contributed by atoms with Gasteiger partial charge in [0.25, 0.3) is 0 Å². The largest absolute Gasteiger partial charge is 0.492 e. The number of thioether (sulfide) groups is 4. The second-order valence-corrected chi connectivity index (χ2v) is 15.9. The third-order valence-electron chi connectivity index (χ3n) is 6.60. The van der Waals surface area contributed by atoms with Crippen LogP contribution in [0.1, 0.15) is 49.9 Å². The van der Waals surface area contributed by atoms with Crippen LogP contribution in [-0.2, 0) is 4.79 Å². The van der Waals surface area contributed by atoms with Crippen molar-refractivity contribution >= 4 is 58.7 Å². The van der Waals surface area contributed by atoms with Gasteiger partial charge in [0, 0.05) is 87.8 Å². The minimum absolute atomic E-state index is 0.0526. The summed E-state index contributed by atoms with van der Waals surface area (Å²) >= 11 is 6.41. The van der Waals surface area contributed by atoms with Gasteiger partial charge in [-0.1, -0.05) is 13.0 Å². The zero-order valence-electron chi connectivity index (χ0n) is 28.0. The highest BCUT2D eigenvalue weighted by Gasteiger charge is 2.23. The van der Waals surface area contributed by atoms with E-state index in [0.717, 1.165) is 36.6 Å². The molecule has 47 heavy (non-hydrogen) atoms. The lowest BCUT2D eigenvalue weighted by atomic mass is 9.92. The Morgan fingerprint density at radius 3 is 1.81 bits per heavy atom. The van der Waals surface area contributed by atoms with E-state index in [1.165, 1.54) is 0 Å². The maximum Gasteiger partial charge on any atom is 0.223 e. The van der Waals surface area contributed by atoms with Crippen LogP contribution in [0.15, 0.2) is 30.5 Å². The van der Waals surface area contributed by atoms with Crippen molar-refractivity contribution in [2.45, 2.75) is 50.0 Å². The number of rotatable bonds is 31. The summed E-state index contributed by atoms with van der Waals surface area (Å²) in [4.78, 5) is 26.7. The minimum Gasteiger partial charge on any atom is -0.492 e. The topological polar surface area (TPSA) is 158 Å². The molecular formula is C33H56N2O8S4. The average molecular weight is 737 g/mol. The van der Waals surface area contributed by atoms with Gasteiger partial charge in [0.05, 0.1) is 26.4 Å². The van der Waals surface area contributed by atoms with Crippen molar-refractivity contribution < 1.29 is 39.5 Å². The SMILES string of the molecule is C=C(C)NCCCCC(CC(=O)c1cc(OCC(CSCCO)SCCO)cc(OCC(CSCCO)SCCO)c1)C(=O)NCC. The van der Waals surface area contributed by atoms with Gasteiger partial charge in [0.2, 0.25) is 5.91 Å². The van der Waals surface area contributed by atoms with E-state index < -0.39 is 5.92 Å². The van der Waals surface area contributed by atoms with Gasteiger partial charge in [0.15, 0.2) is 5.78 Å². The third-order valence-corrected chi connectivity index (χ3v) is 11.6. The highest BCUT2D eigenvalue weighted by molar-refractivity contribution is 8.03. The van der Waals surface area contributed by atoms with Gasteiger partial charge in [-0.15, -0.1) is 0 Å². The standard InChI is InChI=1S/C33H56N2O8S4/c1-4-34-33(41)26(7-5-6-8-35-25(2)3)19-32(40)27-17-28(42-21-30(46-15-11-38)23-44-13-9-36)20-29(18-27)43-22-31(47-16-12-39)24-45-14-10-37/h17-18,20,26,30-31,35-39H,2,4-16,19,21-24H2,1,3H3,(H,34,41). The molecular weight excluding hydrogens is 681 g/mol. The molecule has 10 nitrogen and oxygen atoms in total. The van der Waals surface area contributed by atoms with Crippen LogP contribution in [0.25, 0.3) is 0 Å². The molecule has 1 amide bonds. The van der Waals surface area contributed by atoms with Gasteiger partial charge in [0.1, 0.15) is 24.7 Å². The van der Waals surface area contributed by atoms with Gasteiger partial charge in [-0.2, -0.15) is 47.0 Å². The number of Topliss-reactive ketones (excluding diaryl/α,β-unsaturated/α-hetero) is 1. The minimum atomic E-state index is -0.466. The van der Waals surface area contributed by atoms with E-state index in [9.17, 15) is 30.0 Å². The summed E-state index contributed by atoms with van der Waals surface area (Å²) in [5.74, 6) is 3.99. The number of hydrogen-bond donors (Lipinski definition) is 6. The van der Waals surface area contributed by atoms with Crippen LogP contribution in [0.3, 0.4) is 0 Å². The molecule has 0 saturated carbocycles. The first-order chi connectivity index (χ1) is 22.8. The Labute approximate surface area is 298 Å². The zero-order chi connectivity index (χ0) is 34.7. The number of ketones is 1. The summed E-state index contributed by atoms with van der Waals surface area (Å²) < 4.78 is 12.4. The molecule has 0 aliphatic carbocycles. The summed E-state index contributed by atoms with van der Waals surface area (Å²) in [5, 5.41) is 43.3. The number of ether oxygens (including phenoxy) is 2. The van der Waals surface area contributed by atoms with Crippen molar-refractivity contribution in [3.05, 3.63) is 36.0 Å². The third kappa shape index (κ3) is 21.4. The molecule has 3 unspecified atom stereocenters. The van der Waals surface area contributed by atoms with E-state index in [2.05, 4.69) is 17.2 Å². The maximum absolute atomic E-state index is 13.7. The second kappa shape index (κ2) is 28.6. The zero-order valence-corrected chi connectivity index (χ0v) is 31.2. The molecule has 0 aliphatic heterocycles. The Balaban J connectivity index is 3.20. The fraction of sp³-hybridized carbons (Fsp3) is 0.697. The number of hydrogen-bond acceptors (Lipinski definition) is 13. The van der Waals surface area contributed by atoms with Crippen LogP contribution in [0.5, 0.6) is 11.5 Å². The van der Waals surface area contributed by atoms with Crippen LogP contribution in [0.2, 0.25) is 0 Å². The first kappa shape index (κ1) is 43.8. The van der Waals surface area contributed by atoms with Crippen LogP contribution in [-0.4, -0.2) is 130 Å². The van der Waals surface area contributed by atoms with Gasteiger partial charge < -0.3 is 40.5 Å². The molecule has 0 spiro atoms. The lowest BCUT2D eigenvalue weighted by Crippen LogP contribution is -2.32. The molecule has 0 aromatic heterocycles. The fourth-order valence-corrected chi connectivity index (χ4v) is 8.23. The number of amides is 1. The number of allylic oxidation sites excluding steroid dienone is 1. The molecule has 270 valence electrons. The monoisotopic (exact) mass is 736 g/mol. The molecule has 0 radical (unpaired) electrons. The summed E-state index contributed by atoms with van der Waals surface area (Å²) in [6, 6.07) is 5.16. The van der Waals surface area contributed by atoms with E-state index in [-0.39, 0.29) is 55.0 Å². The molecule has 0 fully saturated rings. The quantitative estimate of drug-likeness (QED) is 0.0485. The number of aliphatic hydroxyl groups excluding tert-OH is 4. The lowest BCUT2D eigenvalue weighted by molar-refractivity contribution is -0.125. The first-order valence-electron chi connectivity index (χ1n) is 16.2. The normalized spacial score (nSPS) is 13.1. The van der Waals surface area contributed by atoms with E-state index in [0.29, 0.717) is 66.3 Å². The Hall–Kier alpha value is -1.26. The molecule has 1 aromatic carbocycles. The second-order valence-electron chi connectivity index (χ2n) is 10.8. The first-order valence-corrected chi connectivity index (χ1v) is 20.6. The van der Waals surface area contributed by atoms with Crippen LogP contribution in [0, 0.1) is 5.92 Å². The Morgan fingerprint density at radius 2 is 1.34 bits per heavy atom. The van der Waals surface area contributed by atoms with Crippen molar-refractivity contribution in [1.29, 1.82) is 0 Å². The molecule has 1 aromatic rings. The molecule has 0 saturated heterocycles. The number of benzene rings is 1. The predicted molar refractivity (Wildman–Crippen MR) is 201 cm³/mol. The number of aliphatic hydroxyl groups is 4. The van der Waals surface area contributed by atoms with E-state index in [4.69, 9.17) is 9.47 Å². The molecule has 14 heteroatoms. The smallest absolute Gasteiger partial charge is 0.223 e. The summed E-state index contributed by atoms with van der Waals surface area (Å²) in [5.41, 5.74) is 1.30. The molecule has 6 N–H and O–H groups in total. The fourth-order valence-electron chi connectivity index (χ4n) is 4.37. The molecule has 1 rings (SSSR count). The predicted octanol–water partition coefficient (Wildman–Crippen LogP) is 3.70. The van der Waals surface area contributed by atoms with Crippen molar-refractivity contribution in [2.24, 2.45) is 5.92 Å². The van der Waals surface area contributed by atoms with Crippen molar-refractivity contribution in [1.82, 2.24) is 10.6 Å². The van der Waals surface area contributed by atoms with Gasteiger partial charge in [-0.25, -0.2) is 0 Å². The Kier molecular flexibility index (Phi) is 26.6. The summed E-state index contributed by atoms with van der Waals surface area (Å²) in [6.07, 6.45) is 2.29. The molecule has 3 atom stereocenters. The molecule has 0 aliphatic rings. The Morgan fingerprint density at radius 1 is 0.809 bits per heavy atom. The number of unbranched alkanes of at least 4 members (excludes halogenated alkanes) is 1. The van der Waals surface area contributed by atoms with Gasteiger partial charge in [-0.3, -0.25) is 9.59 Å². The highest BCUT2D eigenvalue weighted by atomic mass is 32.2. The Bertz CT molecular complexity index is 963. The van der Waals surface area contributed by atoms with Crippen molar-refractivity contribution in [3.63, 3.8) is 0 Å². The van der Waals surface area contributed by atoms with E-state index in [1.54, 1.807) is 65.2 Å².